The van der Waals surface area contributed by atoms with Gasteiger partial charge >= 0.3 is 5.91 Å². The molecule has 1 amide bonds. The van der Waals surface area contributed by atoms with Gasteiger partial charge in [0, 0.05) is 11.0 Å². The predicted molar refractivity (Wildman–Crippen MR) is 76.1 cm³/mol. The molecule has 5 heteroatoms. The second-order valence-electron chi connectivity index (χ2n) is 4.44. The fourth-order valence-electron chi connectivity index (χ4n) is 1.69. The lowest BCUT2D eigenvalue weighted by Crippen LogP contribution is -2.27. The Morgan fingerprint density at radius 1 is 1.42 bits per heavy atom. The number of hydrogen-bond acceptors (Lipinski definition) is 3. The summed E-state index contributed by atoms with van der Waals surface area (Å²) in [5, 5.41) is 2.82. The highest BCUT2D eigenvalue weighted by molar-refractivity contribution is 9.10. The zero-order valence-electron chi connectivity index (χ0n) is 10.8. The lowest BCUT2D eigenvalue weighted by atomic mass is 10.0. The van der Waals surface area contributed by atoms with Gasteiger partial charge in [-0.25, -0.2) is 4.98 Å². The number of benzene rings is 1. The molecule has 1 unspecified atom stereocenters. The van der Waals surface area contributed by atoms with Crippen LogP contribution in [0.25, 0.3) is 0 Å². The van der Waals surface area contributed by atoms with Gasteiger partial charge in [0.05, 0.1) is 6.20 Å². The van der Waals surface area contributed by atoms with E-state index >= 15 is 0 Å². The van der Waals surface area contributed by atoms with Gasteiger partial charge in [0.25, 0.3) is 5.89 Å². The Bertz CT molecular complexity index is 563. The van der Waals surface area contributed by atoms with Crippen molar-refractivity contribution in [2.45, 2.75) is 19.8 Å². The molecule has 0 radical (unpaired) electrons. The first-order valence-corrected chi connectivity index (χ1v) is 6.81. The van der Waals surface area contributed by atoms with Crippen LogP contribution in [-0.4, -0.2) is 17.4 Å². The second-order valence-corrected chi connectivity index (χ2v) is 5.35. The molecule has 4 nitrogen and oxygen atoms in total. The molecule has 0 bridgehead atoms. The first-order valence-electron chi connectivity index (χ1n) is 6.02. The molecule has 1 heterocycles. The normalized spacial score (nSPS) is 12.2. The maximum atomic E-state index is 11.8. The second kappa shape index (κ2) is 6.02. The average molecular weight is 323 g/mol. The Hall–Kier alpha value is -1.62. The van der Waals surface area contributed by atoms with E-state index in [9.17, 15) is 4.79 Å². The molecular weight excluding hydrogens is 308 g/mol. The highest BCUT2D eigenvalue weighted by Crippen LogP contribution is 2.17. The lowest BCUT2D eigenvalue weighted by molar-refractivity contribution is 0.0915. The summed E-state index contributed by atoms with van der Waals surface area (Å²) in [5.41, 5.74) is 1.17. The molecule has 1 atom stereocenters. The van der Waals surface area contributed by atoms with Gasteiger partial charge in [-0.1, -0.05) is 35.0 Å². The molecule has 2 aromatic rings. The largest absolute Gasteiger partial charge is 0.438 e. The van der Waals surface area contributed by atoms with E-state index in [4.69, 9.17) is 4.42 Å². The number of oxazole rings is 1. The molecule has 2 rings (SSSR count). The highest BCUT2D eigenvalue weighted by atomic mass is 79.9. The molecule has 0 fully saturated rings. The Kier molecular flexibility index (Phi) is 4.37. The van der Waals surface area contributed by atoms with E-state index in [0.717, 1.165) is 4.47 Å². The van der Waals surface area contributed by atoms with E-state index in [1.807, 2.05) is 24.3 Å². The van der Waals surface area contributed by atoms with Gasteiger partial charge in [0.15, 0.2) is 0 Å². The van der Waals surface area contributed by atoms with Gasteiger partial charge in [-0.3, -0.25) is 4.79 Å². The van der Waals surface area contributed by atoms with Crippen molar-refractivity contribution in [3.63, 3.8) is 0 Å². The molecule has 0 aliphatic carbocycles. The molecule has 0 spiro atoms. The smallest absolute Gasteiger partial charge is 0.307 e. The van der Waals surface area contributed by atoms with Crippen molar-refractivity contribution in [3.8, 4) is 0 Å². The van der Waals surface area contributed by atoms with Crippen LogP contribution in [0.4, 0.5) is 0 Å². The third-order valence-corrected chi connectivity index (χ3v) is 3.35. The van der Waals surface area contributed by atoms with Crippen molar-refractivity contribution in [1.29, 1.82) is 0 Å². The zero-order valence-corrected chi connectivity index (χ0v) is 12.4. The van der Waals surface area contributed by atoms with Crippen LogP contribution >= 0.6 is 15.9 Å². The highest BCUT2D eigenvalue weighted by Gasteiger charge is 2.13. The van der Waals surface area contributed by atoms with Crippen LogP contribution in [0.3, 0.4) is 0 Å². The molecular formula is C14H15BrN2O2. The van der Waals surface area contributed by atoms with Crippen molar-refractivity contribution in [2.75, 3.05) is 6.54 Å². The van der Waals surface area contributed by atoms with E-state index in [0.29, 0.717) is 12.3 Å². The molecule has 0 saturated carbocycles. The van der Waals surface area contributed by atoms with E-state index in [2.05, 4.69) is 33.2 Å². The van der Waals surface area contributed by atoms with Crippen LogP contribution < -0.4 is 5.32 Å². The standard InChI is InChI=1S/C14H15BrN2O2/c1-9(11-3-5-12(15)6-4-11)7-16-13(18)14-17-8-10(2)19-14/h3-6,8-9H,7H2,1-2H3,(H,16,18). The summed E-state index contributed by atoms with van der Waals surface area (Å²) in [7, 11) is 0. The van der Waals surface area contributed by atoms with Gasteiger partial charge in [-0.15, -0.1) is 0 Å². The number of halogens is 1. The molecule has 0 saturated heterocycles. The van der Waals surface area contributed by atoms with Crippen LogP contribution in [0, 0.1) is 6.92 Å². The van der Waals surface area contributed by atoms with Crippen molar-refractivity contribution < 1.29 is 9.21 Å². The Morgan fingerprint density at radius 3 is 2.68 bits per heavy atom. The molecule has 0 aliphatic rings. The van der Waals surface area contributed by atoms with Crippen molar-refractivity contribution >= 4 is 21.8 Å². The van der Waals surface area contributed by atoms with Crippen LogP contribution in [0.15, 0.2) is 39.4 Å². The van der Waals surface area contributed by atoms with Gasteiger partial charge in [-0.05, 0) is 30.5 Å². The number of aromatic nitrogens is 1. The Balaban J connectivity index is 1.91. The van der Waals surface area contributed by atoms with Gasteiger partial charge in [-0.2, -0.15) is 0 Å². The first kappa shape index (κ1) is 13.8. The number of hydrogen-bond donors (Lipinski definition) is 1. The SMILES string of the molecule is Cc1cnc(C(=O)NCC(C)c2ccc(Br)cc2)o1. The average Bonchev–Trinajstić information content (AvgIpc) is 2.83. The molecule has 1 aromatic carbocycles. The number of nitrogens with zero attached hydrogens (tertiary/aromatic N) is 1. The number of rotatable bonds is 4. The number of carbonyl (C=O) groups is 1. The third-order valence-electron chi connectivity index (χ3n) is 2.82. The van der Waals surface area contributed by atoms with Crippen molar-refractivity contribution in [2.24, 2.45) is 0 Å². The number of carbonyl (C=O) groups excluding carboxylic acids is 1. The summed E-state index contributed by atoms with van der Waals surface area (Å²) in [6, 6.07) is 8.06. The van der Waals surface area contributed by atoms with E-state index in [-0.39, 0.29) is 17.7 Å². The maximum Gasteiger partial charge on any atom is 0.307 e. The monoisotopic (exact) mass is 322 g/mol. The van der Waals surface area contributed by atoms with Gasteiger partial charge in [0.1, 0.15) is 5.76 Å². The number of amides is 1. The van der Waals surface area contributed by atoms with Gasteiger partial charge in [0.2, 0.25) is 0 Å². The molecule has 100 valence electrons. The minimum atomic E-state index is -0.280. The molecule has 1 N–H and O–H groups in total. The molecule has 0 aliphatic heterocycles. The zero-order chi connectivity index (χ0) is 13.8. The van der Waals surface area contributed by atoms with E-state index in [1.165, 1.54) is 11.8 Å². The maximum absolute atomic E-state index is 11.8. The number of aryl methyl sites for hydroxylation is 1. The molecule has 1 aromatic heterocycles. The minimum Gasteiger partial charge on any atom is -0.438 e. The Labute approximate surface area is 120 Å². The van der Waals surface area contributed by atoms with Crippen LogP contribution in [0.2, 0.25) is 0 Å². The quantitative estimate of drug-likeness (QED) is 0.939. The van der Waals surface area contributed by atoms with Crippen molar-refractivity contribution in [1.82, 2.24) is 10.3 Å². The summed E-state index contributed by atoms with van der Waals surface area (Å²) in [5.74, 6) is 0.691. The topological polar surface area (TPSA) is 55.1 Å². The Morgan fingerprint density at radius 2 is 2.11 bits per heavy atom. The predicted octanol–water partition coefficient (Wildman–Crippen LogP) is 3.28. The fraction of sp³-hybridized carbons (Fsp3) is 0.286. The first-order chi connectivity index (χ1) is 9.06. The van der Waals surface area contributed by atoms with Gasteiger partial charge < -0.3 is 9.73 Å². The van der Waals surface area contributed by atoms with E-state index in [1.54, 1.807) is 6.92 Å². The third kappa shape index (κ3) is 3.67. The molecule has 19 heavy (non-hydrogen) atoms. The fourth-order valence-corrected chi connectivity index (χ4v) is 1.95. The lowest BCUT2D eigenvalue weighted by Gasteiger charge is -2.12. The summed E-state index contributed by atoms with van der Waals surface area (Å²) < 4.78 is 6.21. The summed E-state index contributed by atoms with van der Waals surface area (Å²) in [6.45, 7) is 4.36. The minimum absolute atomic E-state index is 0.112. The summed E-state index contributed by atoms with van der Waals surface area (Å²) in [6.07, 6.45) is 1.53. The number of nitrogens with one attached hydrogen (secondary N) is 1. The summed E-state index contributed by atoms with van der Waals surface area (Å²) >= 11 is 3.40. The van der Waals surface area contributed by atoms with Crippen LogP contribution in [-0.2, 0) is 0 Å². The van der Waals surface area contributed by atoms with Crippen molar-refractivity contribution in [3.05, 3.63) is 52.1 Å². The summed E-state index contributed by atoms with van der Waals surface area (Å²) in [4.78, 5) is 15.7. The van der Waals surface area contributed by atoms with Crippen LogP contribution in [0.1, 0.15) is 34.9 Å². The van der Waals surface area contributed by atoms with Crippen LogP contribution in [0.5, 0.6) is 0 Å². The van der Waals surface area contributed by atoms with E-state index < -0.39 is 0 Å².